The summed E-state index contributed by atoms with van der Waals surface area (Å²) in [6, 6.07) is 23.1. The molecule has 0 amide bonds. The Hall–Kier alpha value is -3.53. The number of benzene rings is 3. The maximum atomic E-state index is 13.5. The van der Waals surface area contributed by atoms with Crippen LogP contribution in [0.5, 0.6) is 0 Å². The van der Waals surface area contributed by atoms with Crippen LogP contribution in [0.3, 0.4) is 0 Å². The molecule has 0 aliphatic carbocycles. The number of aliphatic hydroxyl groups is 1. The van der Waals surface area contributed by atoms with Crippen LogP contribution in [0.25, 0.3) is 0 Å². The SMILES string of the molecule is OC(c1ccccc1)C1CCN(Sc2ccc(Nc3nccc(Nc4ccc(F)c(F)c4)n3)cc2)CC1. The second-order valence-corrected chi connectivity index (χ2v) is 10.1. The standard InChI is InChI=1S/C28H27F2N5OS/c29-24-11-8-22(18-25(24)30)32-26-12-15-31-28(34-26)33-21-6-9-23(10-7-21)37-35-16-13-20(14-17-35)27(36)19-4-2-1-3-5-19/h1-12,15,18,20,27,36H,13-14,16-17H2,(H2,31,32,33,34). The Balaban J connectivity index is 1.13. The first-order valence-corrected chi connectivity index (χ1v) is 12.9. The van der Waals surface area contributed by atoms with E-state index in [0.29, 0.717) is 17.5 Å². The summed E-state index contributed by atoms with van der Waals surface area (Å²) in [7, 11) is 0. The van der Waals surface area contributed by atoms with Crippen molar-refractivity contribution >= 4 is 35.1 Å². The zero-order valence-corrected chi connectivity index (χ0v) is 20.8. The number of nitrogens with zero attached hydrogens (tertiary/aromatic N) is 3. The van der Waals surface area contributed by atoms with Gasteiger partial charge in [-0.3, -0.25) is 0 Å². The molecule has 3 aromatic carbocycles. The Morgan fingerprint density at radius 1 is 0.865 bits per heavy atom. The van der Waals surface area contributed by atoms with Crippen molar-refractivity contribution in [3.05, 3.63) is 102 Å². The van der Waals surface area contributed by atoms with E-state index < -0.39 is 17.7 Å². The van der Waals surface area contributed by atoms with E-state index in [4.69, 9.17) is 0 Å². The molecule has 1 fully saturated rings. The fourth-order valence-corrected chi connectivity index (χ4v) is 5.24. The Morgan fingerprint density at radius 2 is 1.59 bits per heavy atom. The van der Waals surface area contributed by atoms with Crippen molar-refractivity contribution in [1.82, 2.24) is 14.3 Å². The normalized spacial score (nSPS) is 15.3. The molecule has 1 unspecified atom stereocenters. The summed E-state index contributed by atoms with van der Waals surface area (Å²) >= 11 is 1.72. The average molecular weight is 520 g/mol. The zero-order valence-electron chi connectivity index (χ0n) is 20.0. The lowest BCUT2D eigenvalue weighted by molar-refractivity contribution is 0.0778. The highest BCUT2D eigenvalue weighted by molar-refractivity contribution is 7.97. The van der Waals surface area contributed by atoms with Crippen LogP contribution < -0.4 is 10.6 Å². The van der Waals surface area contributed by atoms with Crippen molar-refractivity contribution in [2.24, 2.45) is 5.92 Å². The van der Waals surface area contributed by atoms with E-state index in [1.54, 1.807) is 24.2 Å². The molecule has 0 spiro atoms. The fourth-order valence-electron chi connectivity index (χ4n) is 4.29. The largest absolute Gasteiger partial charge is 0.388 e. The lowest BCUT2D eigenvalue weighted by atomic mass is 9.88. The van der Waals surface area contributed by atoms with Crippen molar-refractivity contribution in [2.45, 2.75) is 23.8 Å². The van der Waals surface area contributed by atoms with Crippen LogP contribution in [-0.2, 0) is 0 Å². The van der Waals surface area contributed by atoms with Crippen molar-refractivity contribution < 1.29 is 13.9 Å². The third-order valence-electron chi connectivity index (χ3n) is 6.28. The number of hydrogen-bond acceptors (Lipinski definition) is 7. The van der Waals surface area contributed by atoms with Crippen LogP contribution in [0.1, 0.15) is 24.5 Å². The number of aliphatic hydroxyl groups excluding tert-OH is 1. The summed E-state index contributed by atoms with van der Waals surface area (Å²) in [6.45, 7) is 1.84. The molecule has 37 heavy (non-hydrogen) atoms. The van der Waals surface area contributed by atoms with E-state index in [2.05, 4.69) is 24.9 Å². The number of rotatable bonds is 8. The van der Waals surface area contributed by atoms with Gasteiger partial charge in [0.05, 0.1) is 6.10 Å². The molecule has 0 radical (unpaired) electrons. The van der Waals surface area contributed by atoms with Gasteiger partial charge in [0.25, 0.3) is 0 Å². The minimum absolute atomic E-state index is 0.276. The Morgan fingerprint density at radius 3 is 2.32 bits per heavy atom. The molecule has 190 valence electrons. The van der Waals surface area contributed by atoms with Gasteiger partial charge >= 0.3 is 0 Å². The van der Waals surface area contributed by atoms with Crippen LogP contribution in [0, 0.1) is 17.6 Å². The highest BCUT2D eigenvalue weighted by Crippen LogP contribution is 2.35. The summed E-state index contributed by atoms with van der Waals surface area (Å²) in [5, 5.41) is 16.8. The quantitative estimate of drug-likeness (QED) is 0.224. The topological polar surface area (TPSA) is 73.3 Å². The predicted octanol–water partition coefficient (Wildman–Crippen LogP) is 6.69. The molecule has 0 saturated carbocycles. The van der Waals surface area contributed by atoms with E-state index in [1.807, 2.05) is 54.6 Å². The minimum atomic E-state index is -0.926. The van der Waals surface area contributed by atoms with Gasteiger partial charge in [-0.1, -0.05) is 30.3 Å². The Labute approximate surface area is 218 Å². The number of aromatic nitrogens is 2. The number of anilines is 4. The summed E-state index contributed by atoms with van der Waals surface area (Å²) in [5.41, 5.74) is 2.22. The molecule has 6 nitrogen and oxygen atoms in total. The Bertz CT molecular complexity index is 1320. The maximum Gasteiger partial charge on any atom is 0.229 e. The monoisotopic (exact) mass is 519 g/mol. The highest BCUT2D eigenvalue weighted by Gasteiger charge is 2.26. The molecule has 9 heteroatoms. The summed E-state index contributed by atoms with van der Waals surface area (Å²) in [5.74, 6) is -0.713. The maximum absolute atomic E-state index is 13.5. The fraction of sp³-hybridized carbons (Fsp3) is 0.214. The average Bonchev–Trinajstić information content (AvgIpc) is 2.93. The first kappa shape index (κ1) is 25.1. The molecule has 2 heterocycles. The van der Waals surface area contributed by atoms with Crippen molar-refractivity contribution in [2.75, 3.05) is 23.7 Å². The molecule has 5 rings (SSSR count). The second-order valence-electron chi connectivity index (χ2n) is 8.88. The number of nitrogens with one attached hydrogen (secondary N) is 2. The molecule has 1 aliphatic rings. The van der Waals surface area contributed by atoms with E-state index >= 15 is 0 Å². The van der Waals surface area contributed by atoms with Gasteiger partial charge in [0.15, 0.2) is 11.6 Å². The molecule has 4 aromatic rings. The van der Waals surface area contributed by atoms with Gasteiger partial charge in [0.1, 0.15) is 5.82 Å². The third-order valence-corrected chi connectivity index (χ3v) is 7.39. The summed E-state index contributed by atoms with van der Waals surface area (Å²) in [4.78, 5) is 9.76. The molecular formula is C28H27F2N5OS. The number of piperidine rings is 1. The predicted molar refractivity (Wildman–Crippen MR) is 143 cm³/mol. The van der Waals surface area contributed by atoms with E-state index in [0.717, 1.165) is 54.2 Å². The van der Waals surface area contributed by atoms with Gasteiger partial charge in [-0.25, -0.2) is 18.1 Å². The molecule has 1 aliphatic heterocycles. The minimum Gasteiger partial charge on any atom is -0.388 e. The summed E-state index contributed by atoms with van der Waals surface area (Å²) in [6.07, 6.45) is 3.08. The molecule has 0 bridgehead atoms. The van der Waals surface area contributed by atoms with E-state index in [9.17, 15) is 13.9 Å². The molecule has 1 atom stereocenters. The molecule has 1 aromatic heterocycles. The lowest BCUT2D eigenvalue weighted by Crippen LogP contribution is -2.31. The molecule has 3 N–H and O–H groups in total. The van der Waals surface area contributed by atoms with Crippen molar-refractivity contribution in [3.63, 3.8) is 0 Å². The van der Waals surface area contributed by atoms with Crippen LogP contribution >= 0.6 is 11.9 Å². The van der Waals surface area contributed by atoms with E-state index in [-0.39, 0.29) is 5.92 Å². The lowest BCUT2D eigenvalue weighted by Gasteiger charge is -2.33. The first-order chi connectivity index (χ1) is 18.0. The third kappa shape index (κ3) is 6.62. The number of halogens is 2. The van der Waals surface area contributed by atoms with Gasteiger partial charge in [-0.15, -0.1) is 0 Å². The van der Waals surface area contributed by atoms with Gasteiger partial charge in [-0.05, 0) is 78.7 Å². The van der Waals surface area contributed by atoms with Crippen LogP contribution in [0.4, 0.5) is 31.9 Å². The number of hydrogen-bond donors (Lipinski definition) is 3. The zero-order chi connectivity index (χ0) is 25.6. The highest BCUT2D eigenvalue weighted by atomic mass is 32.2. The van der Waals surface area contributed by atoms with Crippen molar-refractivity contribution in [3.8, 4) is 0 Å². The van der Waals surface area contributed by atoms with Gasteiger partial charge in [0, 0.05) is 41.6 Å². The first-order valence-electron chi connectivity index (χ1n) is 12.1. The summed E-state index contributed by atoms with van der Waals surface area (Å²) < 4.78 is 29.0. The second kappa shape index (κ2) is 11.7. The van der Waals surface area contributed by atoms with Crippen LogP contribution in [0.15, 0.2) is 90.0 Å². The van der Waals surface area contributed by atoms with Gasteiger partial charge < -0.3 is 15.7 Å². The van der Waals surface area contributed by atoms with Crippen molar-refractivity contribution in [1.29, 1.82) is 0 Å². The Kier molecular flexibility index (Phi) is 7.93. The van der Waals surface area contributed by atoms with Gasteiger partial charge in [-0.2, -0.15) is 4.98 Å². The van der Waals surface area contributed by atoms with Crippen LogP contribution in [0.2, 0.25) is 0 Å². The van der Waals surface area contributed by atoms with Crippen LogP contribution in [-0.4, -0.2) is 32.5 Å². The van der Waals surface area contributed by atoms with Gasteiger partial charge in [0.2, 0.25) is 5.95 Å². The molecule has 1 saturated heterocycles. The van der Waals surface area contributed by atoms with E-state index in [1.165, 1.54) is 6.07 Å². The smallest absolute Gasteiger partial charge is 0.229 e. The molecular weight excluding hydrogens is 492 g/mol.